The van der Waals surface area contributed by atoms with Crippen LogP contribution in [0.5, 0.6) is 0 Å². The molecule has 0 aromatic heterocycles. The van der Waals surface area contributed by atoms with Gasteiger partial charge in [-0.15, -0.1) is 0 Å². The molecule has 0 saturated carbocycles. The van der Waals surface area contributed by atoms with E-state index in [1.54, 1.807) is 12.1 Å². The van der Waals surface area contributed by atoms with Crippen LogP contribution in [0.15, 0.2) is 22.7 Å². The van der Waals surface area contributed by atoms with Crippen LogP contribution in [0, 0.1) is 5.82 Å². The molecule has 4 heteroatoms. The first-order chi connectivity index (χ1) is 7.57. The molecule has 0 saturated heterocycles. The zero-order valence-corrected chi connectivity index (χ0v) is 10.8. The van der Waals surface area contributed by atoms with Crippen LogP contribution in [0.1, 0.15) is 36.5 Å². The number of benzene rings is 1. The van der Waals surface area contributed by atoms with Gasteiger partial charge in [-0.2, -0.15) is 0 Å². The lowest BCUT2D eigenvalue weighted by molar-refractivity contribution is 0.0952. The molecule has 88 valence electrons. The number of hydrogen-bond donors (Lipinski definition) is 1. The highest BCUT2D eigenvalue weighted by atomic mass is 79.9. The van der Waals surface area contributed by atoms with Crippen molar-refractivity contribution < 1.29 is 9.18 Å². The number of hydrogen-bond acceptors (Lipinski definition) is 2. The van der Waals surface area contributed by atoms with Crippen molar-refractivity contribution in [2.24, 2.45) is 5.73 Å². The standard InChI is InChI=1S/C12H15BrFNO/c1-2-3-7-10(15)12(16)8-5-4-6-9(13)11(8)14/h4-6,10H,2-3,7,15H2,1H3. The average Bonchev–Trinajstić information content (AvgIpc) is 2.28. The molecular weight excluding hydrogens is 273 g/mol. The lowest BCUT2D eigenvalue weighted by Gasteiger charge is -2.10. The van der Waals surface area contributed by atoms with Gasteiger partial charge in [-0.05, 0) is 34.5 Å². The second-order valence-electron chi connectivity index (χ2n) is 3.71. The Balaban J connectivity index is 2.84. The molecule has 0 spiro atoms. The molecular formula is C12H15BrFNO. The third-order valence-corrected chi connectivity index (χ3v) is 3.03. The predicted octanol–water partition coefficient (Wildman–Crippen LogP) is 3.29. The van der Waals surface area contributed by atoms with Crippen LogP contribution < -0.4 is 5.73 Å². The van der Waals surface area contributed by atoms with E-state index in [9.17, 15) is 9.18 Å². The molecule has 2 N–H and O–H groups in total. The van der Waals surface area contributed by atoms with E-state index in [2.05, 4.69) is 15.9 Å². The maximum atomic E-state index is 13.6. The number of ketones is 1. The van der Waals surface area contributed by atoms with E-state index in [4.69, 9.17) is 5.73 Å². The number of rotatable bonds is 5. The smallest absolute Gasteiger partial charge is 0.182 e. The first kappa shape index (κ1) is 13.3. The minimum atomic E-state index is -0.608. The second-order valence-corrected chi connectivity index (χ2v) is 4.57. The van der Waals surface area contributed by atoms with Gasteiger partial charge >= 0.3 is 0 Å². The van der Waals surface area contributed by atoms with Gasteiger partial charge in [0, 0.05) is 0 Å². The zero-order chi connectivity index (χ0) is 12.1. The van der Waals surface area contributed by atoms with Crippen LogP contribution in [-0.4, -0.2) is 11.8 Å². The Morgan fingerprint density at radius 2 is 2.25 bits per heavy atom. The van der Waals surface area contributed by atoms with Gasteiger partial charge in [0.15, 0.2) is 5.78 Å². The molecule has 1 aromatic rings. The van der Waals surface area contributed by atoms with Gasteiger partial charge in [-0.25, -0.2) is 4.39 Å². The minimum absolute atomic E-state index is 0.0676. The van der Waals surface area contributed by atoms with Gasteiger partial charge in [0.2, 0.25) is 0 Å². The van der Waals surface area contributed by atoms with E-state index in [1.165, 1.54) is 6.07 Å². The summed E-state index contributed by atoms with van der Waals surface area (Å²) in [4.78, 5) is 11.8. The van der Waals surface area contributed by atoms with Gasteiger partial charge in [-0.3, -0.25) is 4.79 Å². The third-order valence-electron chi connectivity index (χ3n) is 2.42. The molecule has 1 rings (SSSR count). The summed E-state index contributed by atoms with van der Waals surface area (Å²) in [7, 11) is 0. The maximum Gasteiger partial charge on any atom is 0.182 e. The quantitative estimate of drug-likeness (QED) is 0.845. The molecule has 16 heavy (non-hydrogen) atoms. The molecule has 0 fully saturated rings. The Morgan fingerprint density at radius 1 is 1.56 bits per heavy atom. The molecule has 0 radical (unpaired) electrons. The van der Waals surface area contributed by atoms with E-state index in [1.807, 2.05) is 6.92 Å². The normalized spacial score (nSPS) is 12.5. The van der Waals surface area contributed by atoms with Crippen molar-refractivity contribution in [3.05, 3.63) is 34.1 Å². The number of nitrogens with two attached hydrogens (primary N) is 1. The second kappa shape index (κ2) is 6.11. The van der Waals surface area contributed by atoms with Crippen LogP contribution in [-0.2, 0) is 0 Å². The summed E-state index contributed by atoms with van der Waals surface area (Å²) in [6.07, 6.45) is 2.45. The first-order valence-electron chi connectivity index (χ1n) is 5.31. The number of unbranched alkanes of at least 4 members (excludes halogenated alkanes) is 1. The van der Waals surface area contributed by atoms with Crippen LogP contribution in [0.4, 0.5) is 4.39 Å². The third kappa shape index (κ3) is 3.12. The van der Waals surface area contributed by atoms with Crippen LogP contribution in [0.2, 0.25) is 0 Å². The summed E-state index contributed by atoms with van der Waals surface area (Å²) in [6, 6.07) is 4.05. The van der Waals surface area contributed by atoms with Gasteiger partial charge in [0.05, 0.1) is 16.1 Å². The highest BCUT2D eigenvalue weighted by Gasteiger charge is 2.19. The van der Waals surface area contributed by atoms with E-state index in [-0.39, 0.29) is 11.3 Å². The van der Waals surface area contributed by atoms with Gasteiger partial charge in [0.1, 0.15) is 5.82 Å². The fourth-order valence-corrected chi connectivity index (χ4v) is 1.82. The number of carbonyl (C=O) groups excluding carboxylic acids is 1. The van der Waals surface area contributed by atoms with Crippen LogP contribution in [0.25, 0.3) is 0 Å². The Morgan fingerprint density at radius 3 is 2.88 bits per heavy atom. The molecule has 0 aliphatic rings. The highest BCUT2D eigenvalue weighted by Crippen LogP contribution is 2.20. The minimum Gasteiger partial charge on any atom is -0.321 e. The fraction of sp³-hybridized carbons (Fsp3) is 0.417. The average molecular weight is 288 g/mol. The molecule has 0 amide bonds. The van der Waals surface area contributed by atoms with E-state index < -0.39 is 11.9 Å². The van der Waals surface area contributed by atoms with E-state index in [0.29, 0.717) is 10.9 Å². The zero-order valence-electron chi connectivity index (χ0n) is 9.17. The first-order valence-corrected chi connectivity index (χ1v) is 6.11. The lowest BCUT2D eigenvalue weighted by Crippen LogP contribution is -2.31. The maximum absolute atomic E-state index is 13.6. The van der Waals surface area contributed by atoms with Gasteiger partial charge in [-0.1, -0.05) is 25.8 Å². The monoisotopic (exact) mass is 287 g/mol. The highest BCUT2D eigenvalue weighted by molar-refractivity contribution is 9.10. The van der Waals surface area contributed by atoms with Crippen molar-refractivity contribution in [2.75, 3.05) is 0 Å². The Kier molecular flexibility index (Phi) is 5.09. The van der Waals surface area contributed by atoms with E-state index >= 15 is 0 Å². The Labute approximate surface area is 103 Å². The molecule has 0 heterocycles. The van der Waals surface area contributed by atoms with Crippen LogP contribution in [0.3, 0.4) is 0 Å². The molecule has 1 atom stereocenters. The summed E-state index contributed by atoms with van der Waals surface area (Å²) in [5, 5.41) is 0. The predicted molar refractivity (Wildman–Crippen MR) is 65.9 cm³/mol. The number of halogens is 2. The summed E-state index contributed by atoms with van der Waals surface area (Å²) in [5.74, 6) is -0.855. The van der Waals surface area contributed by atoms with Crippen LogP contribution >= 0.6 is 15.9 Å². The van der Waals surface area contributed by atoms with Crippen molar-refractivity contribution in [1.82, 2.24) is 0 Å². The molecule has 0 aliphatic carbocycles. The van der Waals surface area contributed by atoms with E-state index in [0.717, 1.165) is 12.8 Å². The summed E-state index contributed by atoms with van der Waals surface area (Å²) < 4.78 is 13.9. The largest absolute Gasteiger partial charge is 0.321 e. The lowest BCUT2D eigenvalue weighted by atomic mass is 10.00. The molecule has 0 aliphatic heterocycles. The Bertz CT molecular complexity index is 381. The fourth-order valence-electron chi connectivity index (χ4n) is 1.45. The Hall–Kier alpha value is -0.740. The number of Topliss-reactive ketones (excluding diaryl/α,β-unsaturated/α-hetero) is 1. The van der Waals surface area contributed by atoms with Crippen molar-refractivity contribution in [3.8, 4) is 0 Å². The topological polar surface area (TPSA) is 43.1 Å². The van der Waals surface area contributed by atoms with Gasteiger partial charge < -0.3 is 5.73 Å². The SMILES string of the molecule is CCCCC(N)C(=O)c1cccc(Br)c1F. The molecule has 0 bridgehead atoms. The van der Waals surface area contributed by atoms with Gasteiger partial charge in [0.25, 0.3) is 0 Å². The molecule has 1 aromatic carbocycles. The van der Waals surface area contributed by atoms with Crippen molar-refractivity contribution >= 4 is 21.7 Å². The molecule has 1 unspecified atom stereocenters. The summed E-state index contributed by atoms with van der Waals surface area (Å²) in [5.41, 5.74) is 5.79. The number of carbonyl (C=O) groups is 1. The van der Waals surface area contributed by atoms with Crippen molar-refractivity contribution in [1.29, 1.82) is 0 Å². The summed E-state index contributed by atoms with van der Waals surface area (Å²) in [6.45, 7) is 2.02. The van der Waals surface area contributed by atoms with Crippen molar-refractivity contribution in [2.45, 2.75) is 32.2 Å². The van der Waals surface area contributed by atoms with Crippen molar-refractivity contribution in [3.63, 3.8) is 0 Å². The molecule has 2 nitrogen and oxygen atoms in total. The summed E-state index contributed by atoms with van der Waals surface area (Å²) >= 11 is 3.05.